The standard InChI is InChI=1S/C16H20N4/c1-3-19-10-8-18-16(19)12-20-9-7-14-13(11-17-2)5-4-6-15(14)20/h4-10,17H,3,11-12H2,1-2H3. The first-order chi connectivity index (χ1) is 9.83. The molecule has 1 N–H and O–H groups in total. The predicted octanol–water partition coefficient (Wildman–Crippen LogP) is 2.63. The first-order valence-corrected chi connectivity index (χ1v) is 7.04. The van der Waals surface area contributed by atoms with Crippen LogP contribution in [0.3, 0.4) is 0 Å². The number of nitrogens with zero attached hydrogens (tertiary/aromatic N) is 3. The summed E-state index contributed by atoms with van der Waals surface area (Å²) >= 11 is 0. The molecule has 0 bridgehead atoms. The number of imidazole rings is 1. The molecule has 20 heavy (non-hydrogen) atoms. The van der Waals surface area contributed by atoms with Crippen LogP contribution in [-0.2, 0) is 19.6 Å². The largest absolute Gasteiger partial charge is 0.340 e. The molecule has 104 valence electrons. The molecule has 2 aromatic heterocycles. The van der Waals surface area contributed by atoms with Crippen LogP contribution < -0.4 is 5.32 Å². The van der Waals surface area contributed by atoms with Crippen LogP contribution in [-0.4, -0.2) is 21.2 Å². The van der Waals surface area contributed by atoms with E-state index in [0.29, 0.717) is 0 Å². The number of fused-ring (bicyclic) bond motifs is 1. The summed E-state index contributed by atoms with van der Waals surface area (Å²) in [4.78, 5) is 4.46. The van der Waals surface area contributed by atoms with Crippen LogP contribution in [0, 0.1) is 0 Å². The Hall–Kier alpha value is -2.07. The summed E-state index contributed by atoms with van der Waals surface area (Å²) in [6, 6.07) is 8.67. The van der Waals surface area contributed by atoms with Crippen molar-refractivity contribution >= 4 is 10.9 Å². The van der Waals surface area contributed by atoms with Crippen LogP contribution >= 0.6 is 0 Å². The van der Waals surface area contributed by atoms with Crippen LogP contribution in [0.5, 0.6) is 0 Å². The highest BCUT2D eigenvalue weighted by Gasteiger charge is 2.07. The quantitative estimate of drug-likeness (QED) is 0.772. The van der Waals surface area contributed by atoms with Crippen molar-refractivity contribution < 1.29 is 0 Å². The van der Waals surface area contributed by atoms with E-state index in [1.165, 1.54) is 16.5 Å². The first kappa shape index (κ1) is 12.9. The van der Waals surface area contributed by atoms with Crippen LogP contribution in [0.4, 0.5) is 0 Å². The van der Waals surface area contributed by atoms with Crippen molar-refractivity contribution in [2.45, 2.75) is 26.6 Å². The van der Waals surface area contributed by atoms with Gasteiger partial charge in [0.25, 0.3) is 0 Å². The van der Waals surface area contributed by atoms with Crippen LogP contribution in [0.1, 0.15) is 18.3 Å². The number of aryl methyl sites for hydroxylation is 1. The molecule has 0 radical (unpaired) electrons. The van der Waals surface area contributed by atoms with Gasteiger partial charge >= 0.3 is 0 Å². The Morgan fingerprint density at radius 2 is 2.05 bits per heavy atom. The minimum atomic E-state index is 0.813. The molecule has 0 fully saturated rings. The molecule has 4 heteroatoms. The number of rotatable bonds is 5. The van der Waals surface area contributed by atoms with Gasteiger partial charge in [-0.2, -0.15) is 0 Å². The zero-order chi connectivity index (χ0) is 13.9. The summed E-state index contributed by atoms with van der Waals surface area (Å²) in [5, 5.41) is 4.54. The molecule has 3 rings (SSSR count). The minimum absolute atomic E-state index is 0.813. The van der Waals surface area contributed by atoms with Gasteiger partial charge < -0.3 is 14.5 Å². The van der Waals surface area contributed by atoms with Crippen molar-refractivity contribution in [2.24, 2.45) is 0 Å². The highest BCUT2D eigenvalue weighted by molar-refractivity contribution is 5.83. The molecule has 2 heterocycles. The molecule has 0 aliphatic carbocycles. The number of hydrogen-bond donors (Lipinski definition) is 1. The molecule has 0 amide bonds. The van der Waals surface area contributed by atoms with E-state index in [0.717, 1.165) is 25.5 Å². The van der Waals surface area contributed by atoms with Crippen molar-refractivity contribution in [2.75, 3.05) is 7.05 Å². The van der Waals surface area contributed by atoms with Crippen LogP contribution in [0.2, 0.25) is 0 Å². The fraction of sp³-hybridized carbons (Fsp3) is 0.312. The maximum absolute atomic E-state index is 4.46. The van der Waals surface area contributed by atoms with E-state index in [9.17, 15) is 0 Å². The summed E-state index contributed by atoms with van der Waals surface area (Å²) in [5.41, 5.74) is 2.60. The Labute approximate surface area is 119 Å². The van der Waals surface area contributed by atoms with Gasteiger partial charge in [-0.15, -0.1) is 0 Å². The van der Waals surface area contributed by atoms with Gasteiger partial charge in [0.15, 0.2) is 0 Å². The maximum Gasteiger partial charge on any atom is 0.128 e. The van der Waals surface area contributed by atoms with Gasteiger partial charge in [-0.25, -0.2) is 4.98 Å². The molecule has 0 aliphatic rings. The Morgan fingerprint density at radius 3 is 2.85 bits per heavy atom. The van der Waals surface area contributed by atoms with Crippen molar-refractivity contribution in [1.82, 2.24) is 19.4 Å². The van der Waals surface area contributed by atoms with Gasteiger partial charge in [0, 0.05) is 42.6 Å². The first-order valence-electron chi connectivity index (χ1n) is 7.04. The zero-order valence-corrected chi connectivity index (χ0v) is 12.0. The van der Waals surface area contributed by atoms with Gasteiger partial charge in [0.1, 0.15) is 5.82 Å². The minimum Gasteiger partial charge on any atom is -0.340 e. The van der Waals surface area contributed by atoms with Crippen LogP contribution in [0.15, 0.2) is 42.9 Å². The normalized spacial score (nSPS) is 11.3. The van der Waals surface area contributed by atoms with Crippen LogP contribution in [0.25, 0.3) is 10.9 Å². The molecule has 0 atom stereocenters. The van der Waals surface area contributed by atoms with Crippen molar-refractivity contribution in [3.05, 3.63) is 54.2 Å². The second-order valence-electron chi connectivity index (χ2n) is 4.95. The Kier molecular flexibility index (Phi) is 3.56. The molecule has 0 saturated carbocycles. The average molecular weight is 268 g/mol. The zero-order valence-electron chi connectivity index (χ0n) is 12.0. The van der Waals surface area contributed by atoms with E-state index >= 15 is 0 Å². The Balaban J connectivity index is 1.99. The molecular formula is C16H20N4. The second kappa shape index (κ2) is 5.51. The second-order valence-corrected chi connectivity index (χ2v) is 4.95. The van der Waals surface area contributed by atoms with Gasteiger partial charge in [-0.1, -0.05) is 12.1 Å². The number of aromatic nitrogens is 3. The SMILES string of the molecule is CCn1ccnc1Cn1ccc2c(CNC)cccc21. The lowest BCUT2D eigenvalue weighted by Gasteiger charge is -2.08. The lowest BCUT2D eigenvalue weighted by molar-refractivity contribution is 0.661. The summed E-state index contributed by atoms with van der Waals surface area (Å²) in [5.74, 6) is 1.10. The Morgan fingerprint density at radius 1 is 1.15 bits per heavy atom. The summed E-state index contributed by atoms with van der Waals surface area (Å²) < 4.78 is 4.45. The van der Waals surface area contributed by atoms with E-state index < -0.39 is 0 Å². The highest BCUT2D eigenvalue weighted by atomic mass is 15.1. The van der Waals surface area contributed by atoms with E-state index in [1.807, 2.05) is 19.4 Å². The molecule has 0 unspecified atom stereocenters. The topological polar surface area (TPSA) is 34.8 Å². The molecule has 1 aromatic carbocycles. The average Bonchev–Trinajstić information content (AvgIpc) is 3.07. The third-order valence-electron chi connectivity index (χ3n) is 3.73. The summed E-state index contributed by atoms with van der Waals surface area (Å²) in [6.45, 7) is 4.81. The highest BCUT2D eigenvalue weighted by Crippen LogP contribution is 2.21. The van der Waals surface area contributed by atoms with Gasteiger partial charge in [0.2, 0.25) is 0 Å². The van der Waals surface area contributed by atoms with Gasteiger partial charge in [-0.3, -0.25) is 0 Å². The number of nitrogens with one attached hydrogen (secondary N) is 1. The molecule has 0 saturated heterocycles. The molecule has 0 aliphatic heterocycles. The number of hydrogen-bond acceptors (Lipinski definition) is 2. The fourth-order valence-corrected chi connectivity index (χ4v) is 2.70. The van der Waals surface area contributed by atoms with Crippen molar-refractivity contribution in [1.29, 1.82) is 0 Å². The van der Waals surface area contributed by atoms with E-state index in [4.69, 9.17) is 0 Å². The Bertz CT molecular complexity index is 708. The smallest absolute Gasteiger partial charge is 0.128 e. The summed E-state index contributed by atoms with van der Waals surface area (Å²) in [7, 11) is 1.98. The maximum atomic E-state index is 4.46. The molecule has 3 aromatic rings. The van der Waals surface area contributed by atoms with E-state index in [-0.39, 0.29) is 0 Å². The summed E-state index contributed by atoms with van der Waals surface area (Å²) in [6.07, 6.45) is 6.06. The van der Waals surface area contributed by atoms with E-state index in [2.05, 4.69) is 56.8 Å². The fourth-order valence-electron chi connectivity index (χ4n) is 2.70. The van der Waals surface area contributed by atoms with Crippen molar-refractivity contribution in [3.8, 4) is 0 Å². The monoisotopic (exact) mass is 268 g/mol. The lowest BCUT2D eigenvalue weighted by atomic mass is 10.1. The third-order valence-corrected chi connectivity index (χ3v) is 3.73. The predicted molar refractivity (Wildman–Crippen MR) is 81.7 cm³/mol. The lowest BCUT2D eigenvalue weighted by Crippen LogP contribution is -2.07. The molecule has 0 spiro atoms. The molecule has 4 nitrogen and oxygen atoms in total. The number of benzene rings is 1. The van der Waals surface area contributed by atoms with Crippen molar-refractivity contribution in [3.63, 3.8) is 0 Å². The van der Waals surface area contributed by atoms with Gasteiger partial charge in [0.05, 0.1) is 6.54 Å². The molecular weight excluding hydrogens is 248 g/mol. The van der Waals surface area contributed by atoms with E-state index in [1.54, 1.807) is 0 Å². The van der Waals surface area contributed by atoms with Gasteiger partial charge in [-0.05, 0) is 31.7 Å². The third kappa shape index (κ3) is 2.23.